The fraction of sp³-hybridized carbons (Fsp3) is 0.381. The van der Waals surface area contributed by atoms with E-state index in [4.69, 9.17) is 0 Å². The number of piperazine rings is 1. The van der Waals surface area contributed by atoms with E-state index in [2.05, 4.69) is 46.4 Å². The van der Waals surface area contributed by atoms with Crippen molar-refractivity contribution in [2.24, 2.45) is 0 Å². The van der Waals surface area contributed by atoms with Gasteiger partial charge in [-0.3, -0.25) is 9.69 Å². The number of benzene rings is 2. The summed E-state index contributed by atoms with van der Waals surface area (Å²) in [5, 5.41) is 2.69. The predicted molar refractivity (Wildman–Crippen MR) is 102 cm³/mol. The van der Waals surface area contributed by atoms with Gasteiger partial charge in [-0.15, -0.1) is 0 Å². The minimum Gasteiger partial charge on any atom is -0.352 e. The van der Waals surface area contributed by atoms with E-state index in [1.165, 1.54) is 5.56 Å². The van der Waals surface area contributed by atoms with Crippen LogP contribution in [0.5, 0.6) is 0 Å². The summed E-state index contributed by atoms with van der Waals surface area (Å²) in [6.07, 6.45) is 0.746. The van der Waals surface area contributed by atoms with E-state index in [9.17, 15) is 13.6 Å². The third kappa shape index (κ3) is 5.11. The first kappa shape index (κ1) is 19.5. The fourth-order valence-corrected chi connectivity index (χ4v) is 3.47. The monoisotopic (exact) mass is 373 g/mol. The maximum Gasteiger partial charge on any atom is 0.254 e. The van der Waals surface area contributed by atoms with Gasteiger partial charge in [0.25, 0.3) is 5.91 Å². The molecule has 1 aliphatic heterocycles. The SMILES string of the molecule is CN1CCN(CCCNC(=O)c2cc(F)ccc2F)C(c2ccccc2)C1. The molecule has 1 N–H and O–H groups in total. The van der Waals surface area contributed by atoms with Gasteiger partial charge >= 0.3 is 0 Å². The molecule has 2 aromatic carbocycles. The van der Waals surface area contributed by atoms with E-state index >= 15 is 0 Å². The number of carbonyl (C=O) groups is 1. The second-order valence-corrected chi connectivity index (χ2v) is 6.96. The number of carbonyl (C=O) groups excluding carboxylic acids is 1. The van der Waals surface area contributed by atoms with Crippen molar-refractivity contribution >= 4 is 5.91 Å². The van der Waals surface area contributed by atoms with Gasteiger partial charge in [0.1, 0.15) is 11.6 Å². The van der Waals surface area contributed by atoms with Crippen LogP contribution >= 0.6 is 0 Å². The highest BCUT2D eigenvalue weighted by molar-refractivity contribution is 5.94. The first-order valence-corrected chi connectivity index (χ1v) is 9.25. The lowest BCUT2D eigenvalue weighted by molar-refractivity contribution is 0.0864. The number of halogens is 2. The summed E-state index contributed by atoms with van der Waals surface area (Å²) in [7, 11) is 2.13. The highest BCUT2D eigenvalue weighted by Gasteiger charge is 2.26. The maximum atomic E-state index is 13.7. The molecule has 27 heavy (non-hydrogen) atoms. The summed E-state index contributed by atoms with van der Waals surface area (Å²) in [5.74, 6) is -1.91. The third-order valence-electron chi connectivity index (χ3n) is 4.96. The van der Waals surface area contributed by atoms with Crippen molar-refractivity contribution in [2.45, 2.75) is 12.5 Å². The zero-order valence-electron chi connectivity index (χ0n) is 15.5. The lowest BCUT2D eigenvalue weighted by Gasteiger charge is -2.40. The molecule has 1 heterocycles. The molecule has 2 aromatic rings. The third-order valence-corrected chi connectivity index (χ3v) is 4.96. The molecule has 1 atom stereocenters. The van der Waals surface area contributed by atoms with E-state index in [0.29, 0.717) is 12.6 Å². The summed E-state index contributed by atoms with van der Waals surface area (Å²) < 4.78 is 26.9. The predicted octanol–water partition coefficient (Wildman–Crippen LogP) is 3.07. The molecule has 0 aliphatic carbocycles. The smallest absolute Gasteiger partial charge is 0.254 e. The van der Waals surface area contributed by atoms with E-state index in [1.54, 1.807) is 0 Å². The number of nitrogens with one attached hydrogen (secondary N) is 1. The molecule has 0 bridgehead atoms. The Bertz CT molecular complexity index is 769. The standard InChI is InChI=1S/C21H25F2N3O/c1-25-12-13-26(20(15-25)16-6-3-2-4-7-16)11-5-10-24-21(27)18-14-17(22)8-9-19(18)23/h2-4,6-9,14,20H,5,10-13,15H2,1H3,(H,24,27). The first-order chi connectivity index (χ1) is 13.0. The molecule has 1 saturated heterocycles. The molecule has 0 radical (unpaired) electrons. The van der Waals surface area contributed by atoms with Crippen molar-refractivity contribution < 1.29 is 13.6 Å². The molecule has 144 valence electrons. The Balaban J connectivity index is 1.53. The largest absolute Gasteiger partial charge is 0.352 e. The summed E-state index contributed by atoms with van der Waals surface area (Å²) >= 11 is 0. The summed E-state index contributed by atoms with van der Waals surface area (Å²) in [6.45, 7) is 4.18. The molecule has 0 aromatic heterocycles. The van der Waals surface area contributed by atoms with Crippen LogP contribution in [0.15, 0.2) is 48.5 Å². The summed E-state index contributed by atoms with van der Waals surface area (Å²) in [4.78, 5) is 16.8. The second-order valence-electron chi connectivity index (χ2n) is 6.96. The normalized spacial score (nSPS) is 18.4. The number of hydrogen-bond acceptors (Lipinski definition) is 3. The Kier molecular flexibility index (Phi) is 6.53. The van der Waals surface area contributed by atoms with Crippen molar-refractivity contribution in [3.05, 3.63) is 71.3 Å². The van der Waals surface area contributed by atoms with Crippen molar-refractivity contribution in [3.63, 3.8) is 0 Å². The Hall–Kier alpha value is -2.31. The van der Waals surface area contributed by atoms with E-state index in [1.807, 2.05) is 6.07 Å². The van der Waals surface area contributed by atoms with Crippen LogP contribution < -0.4 is 5.32 Å². The molecular formula is C21H25F2N3O. The Labute approximate surface area is 158 Å². The molecule has 3 rings (SSSR count). The molecular weight excluding hydrogens is 348 g/mol. The number of hydrogen-bond donors (Lipinski definition) is 1. The van der Waals surface area contributed by atoms with Gasteiger partial charge in [0, 0.05) is 38.8 Å². The van der Waals surface area contributed by atoms with Crippen LogP contribution in [0, 0.1) is 11.6 Å². The molecule has 6 heteroatoms. The lowest BCUT2D eigenvalue weighted by atomic mass is 10.0. The zero-order valence-corrected chi connectivity index (χ0v) is 15.5. The van der Waals surface area contributed by atoms with E-state index in [-0.39, 0.29) is 5.56 Å². The molecule has 1 aliphatic rings. The average Bonchev–Trinajstić information content (AvgIpc) is 2.68. The number of nitrogens with zero attached hydrogens (tertiary/aromatic N) is 2. The molecule has 0 saturated carbocycles. The molecule has 0 spiro atoms. The van der Waals surface area contributed by atoms with Crippen LogP contribution in [0.25, 0.3) is 0 Å². The van der Waals surface area contributed by atoms with Crippen molar-refractivity contribution in [1.29, 1.82) is 0 Å². The van der Waals surface area contributed by atoms with E-state index in [0.717, 1.165) is 50.8 Å². The van der Waals surface area contributed by atoms with Gasteiger partial charge < -0.3 is 10.2 Å². The van der Waals surface area contributed by atoms with Crippen LogP contribution in [0.2, 0.25) is 0 Å². The zero-order chi connectivity index (χ0) is 19.2. The van der Waals surface area contributed by atoms with Gasteiger partial charge in [0.15, 0.2) is 0 Å². The van der Waals surface area contributed by atoms with Crippen LogP contribution in [0.4, 0.5) is 8.78 Å². The highest BCUT2D eigenvalue weighted by atomic mass is 19.1. The van der Waals surface area contributed by atoms with Crippen LogP contribution in [0.3, 0.4) is 0 Å². The van der Waals surface area contributed by atoms with E-state index < -0.39 is 17.5 Å². The van der Waals surface area contributed by atoms with Crippen molar-refractivity contribution in [2.75, 3.05) is 39.8 Å². The minimum absolute atomic E-state index is 0.253. The van der Waals surface area contributed by atoms with Gasteiger partial charge in [-0.05, 0) is 37.2 Å². The average molecular weight is 373 g/mol. The van der Waals surface area contributed by atoms with Crippen molar-refractivity contribution in [1.82, 2.24) is 15.1 Å². The fourth-order valence-electron chi connectivity index (χ4n) is 3.47. The number of amides is 1. The molecule has 4 nitrogen and oxygen atoms in total. The highest BCUT2D eigenvalue weighted by Crippen LogP contribution is 2.24. The van der Waals surface area contributed by atoms with Gasteiger partial charge in [-0.2, -0.15) is 0 Å². The Morgan fingerprint density at radius 2 is 1.93 bits per heavy atom. The van der Waals surface area contributed by atoms with Crippen LogP contribution in [0.1, 0.15) is 28.4 Å². The van der Waals surface area contributed by atoms with Crippen molar-refractivity contribution in [3.8, 4) is 0 Å². The quantitative estimate of drug-likeness (QED) is 0.791. The summed E-state index contributed by atoms with van der Waals surface area (Å²) in [5.41, 5.74) is 1.03. The van der Waals surface area contributed by atoms with Gasteiger partial charge in [0.05, 0.1) is 5.56 Å². The Morgan fingerprint density at radius 1 is 1.15 bits per heavy atom. The first-order valence-electron chi connectivity index (χ1n) is 9.25. The van der Waals surface area contributed by atoms with Gasteiger partial charge in [-0.1, -0.05) is 30.3 Å². The summed E-state index contributed by atoms with van der Waals surface area (Å²) in [6, 6.07) is 13.6. The number of rotatable bonds is 6. The second kappa shape index (κ2) is 9.06. The van der Waals surface area contributed by atoms with Crippen LogP contribution in [-0.4, -0.2) is 55.5 Å². The minimum atomic E-state index is -0.711. The molecule has 1 amide bonds. The Morgan fingerprint density at radius 3 is 2.70 bits per heavy atom. The number of likely N-dealkylation sites (N-methyl/N-ethyl adjacent to an activating group) is 1. The maximum absolute atomic E-state index is 13.7. The van der Waals surface area contributed by atoms with Gasteiger partial charge in [-0.25, -0.2) is 8.78 Å². The molecule has 1 fully saturated rings. The molecule has 1 unspecified atom stereocenters. The van der Waals surface area contributed by atoms with Crippen LogP contribution in [-0.2, 0) is 0 Å². The lowest BCUT2D eigenvalue weighted by Crippen LogP contribution is -2.47. The topological polar surface area (TPSA) is 35.6 Å². The van der Waals surface area contributed by atoms with Gasteiger partial charge in [0.2, 0.25) is 0 Å².